The van der Waals surface area contributed by atoms with E-state index < -0.39 is 0 Å². The summed E-state index contributed by atoms with van der Waals surface area (Å²) in [6, 6.07) is 22.5. The molecule has 0 saturated heterocycles. The highest BCUT2D eigenvalue weighted by Gasteiger charge is 2.18. The Morgan fingerprint density at radius 1 is 0.967 bits per heavy atom. The molecule has 0 aliphatic heterocycles. The van der Waals surface area contributed by atoms with E-state index in [1.54, 1.807) is 25.1 Å². The molecule has 1 unspecified atom stereocenters. The number of hydrogen-bond donors (Lipinski definition) is 0. The number of aryl methyl sites for hydroxylation is 1. The van der Waals surface area contributed by atoms with Crippen LogP contribution in [-0.2, 0) is 13.0 Å². The van der Waals surface area contributed by atoms with Gasteiger partial charge in [0.25, 0.3) is 0 Å². The summed E-state index contributed by atoms with van der Waals surface area (Å²) in [7, 11) is 1.67. The van der Waals surface area contributed by atoms with Crippen LogP contribution in [0, 0.1) is 0 Å². The first-order chi connectivity index (χ1) is 14.7. The fourth-order valence-electron chi connectivity index (χ4n) is 3.26. The number of benzene rings is 2. The van der Waals surface area contributed by atoms with Gasteiger partial charge in [-0.15, -0.1) is 10.2 Å². The molecule has 0 aliphatic carbocycles. The third-order valence-corrected chi connectivity index (χ3v) is 6.11. The van der Waals surface area contributed by atoms with Crippen LogP contribution in [0.3, 0.4) is 0 Å². The summed E-state index contributed by atoms with van der Waals surface area (Å²) in [4.78, 5) is 4.25. The zero-order chi connectivity index (χ0) is 20.8. The lowest BCUT2D eigenvalue weighted by atomic mass is 10.1. The van der Waals surface area contributed by atoms with E-state index in [-0.39, 0.29) is 5.25 Å². The smallest absolute Gasteiger partial charge is 0.192 e. The number of rotatable bonds is 8. The Morgan fingerprint density at radius 2 is 1.77 bits per heavy atom. The highest BCUT2D eigenvalue weighted by Crippen LogP contribution is 2.35. The molecule has 0 fully saturated rings. The molecule has 4 rings (SSSR count). The van der Waals surface area contributed by atoms with Crippen molar-refractivity contribution in [1.82, 2.24) is 19.7 Å². The predicted molar refractivity (Wildman–Crippen MR) is 121 cm³/mol. The van der Waals surface area contributed by atoms with Crippen LogP contribution in [0.5, 0.6) is 5.75 Å². The second kappa shape index (κ2) is 9.59. The Labute approximate surface area is 181 Å². The van der Waals surface area contributed by atoms with Gasteiger partial charge in [-0.25, -0.2) is 0 Å². The normalized spacial score (nSPS) is 11.9. The number of aromatic nitrogens is 4. The van der Waals surface area contributed by atoms with Gasteiger partial charge in [0, 0.05) is 29.8 Å². The quantitative estimate of drug-likeness (QED) is 0.358. The van der Waals surface area contributed by atoms with Crippen LogP contribution in [0.4, 0.5) is 0 Å². The van der Waals surface area contributed by atoms with Crippen LogP contribution >= 0.6 is 11.8 Å². The maximum absolute atomic E-state index is 5.29. The van der Waals surface area contributed by atoms with Crippen LogP contribution in [0.25, 0.3) is 11.4 Å². The standard InChI is InChI=1S/C24H24N4OS/c1-18(21-9-6-15-25-17-21)30-24-27-26-23(20-10-12-22(29-2)13-11-20)28(24)16-14-19-7-4-3-5-8-19/h3-13,15,17-18H,14,16H2,1-2H3. The van der Waals surface area contributed by atoms with Crippen molar-refractivity contribution in [3.63, 3.8) is 0 Å². The number of ether oxygens (including phenoxy) is 1. The van der Waals surface area contributed by atoms with Gasteiger partial charge in [-0.2, -0.15) is 0 Å². The van der Waals surface area contributed by atoms with E-state index in [0.29, 0.717) is 0 Å². The summed E-state index contributed by atoms with van der Waals surface area (Å²) in [6.07, 6.45) is 4.62. The monoisotopic (exact) mass is 416 g/mol. The molecule has 0 saturated carbocycles. The maximum atomic E-state index is 5.29. The summed E-state index contributed by atoms with van der Waals surface area (Å²) in [6.45, 7) is 2.98. The maximum Gasteiger partial charge on any atom is 0.192 e. The Balaban J connectivity index is 1.63. The van der Waals surface area contributed by atoms with Gasteiger partial charge < -0.3 is 9.30 Å². The number of hydrogen-bond acceptors (Lipinski definition) is 5. The molecular weight excluding hydrogens is 392 g/mol. The average molecular weight is 417 g/mol. The van der Waals surface area contributed by atoms with Crippen LogP contribution in [0.1, 0.15) is 23.3 Å². The minimum atomic E-state index is 0.224. The van der Waals surface area contributed by atoms with Gasteiger partial charge in [-0.3, -0.25) is 4.98 Å². The molecule has 2 aromatic heterocycles. The first kappa shape index (κ1) is 20.2. The molecule has 2 heterocycles. The van der Waals surface area contributed by atoms with Crippen molar-refractivity contribution in [2.75, 3.05) is 7.11 Å². The highest BCUT2D eigenvalue weighted by molar-refractivity contribution is 7.99. The molecule has 0 bridgehead atoms. The number of pyridine rings is 1. The molecule has 4 aromatic rings. The lowest BCUT2D eigenvalue weighted by Gasteiger charge is -2.14. The van der Waals surface area contributed by atoms with Gasteiger partial charge in [0.2, 0.25) is 0 Å². The topological polar surface area (TPSA) is 52.8 Å². The van der Waals surface area contributed by atoms with E-state index in [1.807, 2.05) is 42.6 Å². The van der Waals surface area contributed by atoms with Crippen LogP contribution in [0.2, 0.25) is 0 Å². The highest BCUT2D eigenvalue weighted by atomic mass is 32.2. The van der Waals surface area contributed by atoms with Crippen molar-refractivity contribution in [2.45, 2.75) is 30.3 Å². The van der Waals surface area contributed by atoms with Crippen molar-refractivity contribution >= 4 is 11.8 Å². The molecule has 0 aliphatic rings. The van der Waals surface area contributed by atoms with Crippen molar-refractivity contribution in [3.05, 3.63) is 90.3 Å². The predicted octanol–water partition coefficient (Wildman–Crippen LogP) is 5.44. The first-order valence-electron chi connectivity index (χ1n) is 9.92. The number of thioether (sulfide) groups is 1. The Bertz CT molecular complexity index is 1070. The van der Waals surface area contributed by atoms with Gasteiger partial charge in [-0.05, 0) is 54.8 Å². The third-order valence-electron chi connectivity index (χ3n) is 4.97. The molecule has 1 atom stereocenters. The molecule has 0 amide bonds. The second-order valence-electron chi connectivity index (χ2n) is 6.97. The summed E-state index contributed by atoms with van der Waals surface area (Å²) in [5.41, 5.74) is 3.49. The summed E-state index contributed by atoms with van der Waals surface area (Å²) in [5, 5.41) is 10.2. The zero-order valence-corrected chi connectivity index (χ0v) is 17.9. The Hall–Kier alpha value is -3.12. The van der Waals surface area contributed by atoms with E-state index in [9.17, 15) is 0 Å². The lowest BCUT2D eigenvalue weighted by molar-refractivity contribution is 0.415. The van der Waals surface area contributed by atoms with Gasteiger partial charge in [-0.1, -0.05) is 48.2 Å². The third kappa shape index (κ3) is 4.71. The van der Waals surface area contributed by atoms with Crippen LogP contribution in [0.15, 0.2) is 84.3 Å². The molecular formula is C24H24N4OS. The minimum Gasteiger partial charge on any atom is -0.497 e. The second-order valence-corrected chi connectivity index (χ2v) is 8.28. The van der Waals surface area contributed by atoms with Gasteiger partial charge in [0.1, 0.15) is 5.75 Å². The summed E-state index contributed by atoms with van der Waals surface area (Å²) in [5.74, 6) is 1.70. The van der Waals surface area contributed by atoms with Crippen molar-refractivity contribution in [1.29, 1.82) is 0 Å². The largest absolute Gasteiger partial charge is 0.497 e. The van der Waals surface area contributed by atoms with Crippen LogP contribution < -0.4 is 4.74 Å². The van der Waals surface area contributed by atoms with Gasteiger partial charge >= 0.3 is 0 Å². The fourth-order valence-corrected chi connectivity index (χ4v) is 4.24. The van der Waals surface area contributed by atoms with Crippen molar-refractivity contribution in [3.8, 4) is 17.1 Å². The molecule has 5 nitrogen and oxygen atoms in total. The average Bonchev–Trinajstić information content (AvgIpc) is 3.21. The van der Waals surface area contributed by atoms with Gasteiger partial charge in [0.15, 0.2) is 11.0 Å². The van der Waals surface area contributed by atoms with E-state index in [2.05, 4.69) is 57.0 Å². The summed E-state index contributed by atoms with van der Waals surface area (Å²) >= 11 is 1.71. The first-order valence-corrected chi connectivity index (χ1v) is 10.8. The van der Waals surface area contributed by atoms with E-state index in [1.165, 1.54) is 11.1 Å². The van der Waals surface area contributed by atoms with Crippen molar-refractivity contribution < 1.29 is 4.74 Å². The molecule has 0 N–H and O–H groups in total. The number of nitrogens with zero attached hydrogens (tertiary/aromatic N) is 4. The van der Waals surface area contributed by atoms with Crippen LogP contribution in [-0.4, -0.2) is 26.9 Å². The van der Waals surface area contributed by atoms with E-state index >= 15 is 0 Å². The molecule has 0 radical (unpaired) electrons. The van der Waals surface area contributed by atoms with Gasteiger partial charge in [0.05, 0.1) is 7.11 Å². The molecule has 0 spiro atoms. The zero-order valence-electron chi connectivity index (χ0n) is 17.1. The van der Waals surface area contributed by atoms with E-state index in [0.717, 1.165) is 35.3 Å². The lowest BCUT2D eigenvalue weighted by Crippen LogP contribution is -2.06. The fraction of sp³-hybridized carbons (Fsp3) is 0.208. The molecule has 6 heteroatoms. The molecule has 152 valence electrons. The number of methoxy groups -OCH3 is 1. The summed E-state index contributed by atoms with van der Waals surface area (Å²) < 4.78 is 7.51. The SMILES string of the molecule is COc1ccc(-c2nnc(SC(C)c3cccnc3)n2CCc2ccccc2)cc1. The molecule has 30 heavy (non-hydrogen) atoms. The minimum absolute atomic E-state index is 0.224. The Morgan fingerprint density at radius 3 is 2.47 bits per heavy atom. The Kier molecular flexibility index (Phi) is 6.44. The molecule has 2 aromatic carbocycles. The van der Waals surface area contributed by atoms with E-state index in [4.69, 9.17) is 4.74 Å². The van der Waals surface area contributed by atoms with Crippen molar-refractivity contribution in [2.24, 2.45) is 0 Å².